The second-order valence-corrected chi connectivity index (χ2v) is 10.8. The first-order chi connectivity index (χ1) is 16.0. The zero-order valence-corrected chi connectivity index (χ0v) is 19.9. The molecule has 1 saturated heterocycles. The number of benzene rings is 2. The molecule has 3 aromatic rings. The highest BCUT2D eigenvalue weighted by atomic mass is 19.1. The van der Waals surface area contributed by atoms with Crippen LogP contribution < -0.4 is 0 Å². The predicted octanol–water partition coefficient (Wildman–Crippen LogP) is 6.25. The van der Waals surface area contributed by atoms with Gasteiger partial charge in [-0.2, -0.15) is 0 Å². The van der Waals surface area contributed by atoms with Crippen molar-refractivity contribution in [3.8, 4) is 0 Å². The Labute approximate surface area is 196 Å². The van der Waals surface area contributed by atoms with Gasteiger partial charge in [0.1, 0.15) is 11.4 Å². The van der Waals surface area contributed by atoms with Crippen LogP contribution in [0.25, 0.3) is 10.9 Å². The van der Waals surface area contributed by atoms with Gasteiger partial charge in [-0.25, -0.2) is 4.39 Å². The number of aromatic nitrogens is 1. The van der Waals surface area contributed by atoms with Gasteiger partial charge in [-0.15, -0.1) is 0 Å². The lowest BCUT2D eigenvalue weighted by Gasteiger charge is -2.40. The smallest absolute Gasteiger partial charge is 0.123 e. The molecule has 4 heteroatoms. The fraction of sp³-hybridized carbons (Fsp3) is 0.517. The second-order valence-electron chi connectivity index (χ2n) is 10.8. The number of halogens is 1. The molecule has 2 bridgehead atoms. The Morgan fingerprint density at radius 1 is 1.00 bits per heavy atom. The van der Waals surface area contributed by atoms with Crippen LogP contribution in [-0.2, 0) is 18.6 Å². The minimum absolute atomic E-state index is 0.193. The molecule has 3 unspecified atom stereocenters. The van der Waals surface area contributed by atoms with Gasteiger partial charge >= 0.3 is 0 Å². The molecule has 3 nitrogen and oxygen atoms in total. The molecular weight excluding hydrogens is 411 g/mol. The summed E-state index contributed by atoms with van der Waals surface area (Å²) in [6, 6.07) is 14.5. The normalized spacial score (nSPS) is 25.3. The Hall–Kier alpha value is -2.17. The lowest BCUT2D eigenvalue weighted by molar-refractivity contribution is -0.0531. The number of aliphatic hydroxyl groups is 1. The van der Waals surface area contributed by atoms with Crippen LogP contribution in [0.2, 0.25) is 0 Å². The third kappa shape index (κ3) is 3.37. The van der Waals surface area contributed by atoms with Gasteiger partial charge in [0.15, 0.2) is 0 Å². The molecule has 3 aliphatic rings. The van der Waals surface area contributed by atoms with Crippen molar-refractivity contribution in [1.29, 1.82) is 0 Å². The fourth-order valence-corrected chi connectivity index (χ4v) is 7.16. The van der Waals surface area contributed by atoms with E-state index in [4.69, 9.17) is 0 Å². The van der Waals surface area contributed by atoms with E-state index in [0.29, 0.717) is 18.6 Å². The van der Waals surface area contributed by atoms with E-state index in [9.17, 15) is 9.50 Å². The number of nitrogens with zero attached hydrogens (tertiary/aromatic N) is 2. The molecule has 3 atom stereocenters. The van der Waals surface area contributed by atoms with E-state index in [1.807, 2.05) is 12.1 Å². The van der Waals surface area contributed by atoms with Crippen molar-refractivity contribution < 1.29 is 9.50 Å². The molecule has 0 radical (unpaired) electrons. The van der Waals surface area contributed by atoms with Crippen LogP contribution in [0, 0.1) is 18.7 Å². The van der Waals surface area contributed by atoms with E-state index in [0.717, 1.165) is 37.7 Å². The van der Waals surface area contributed by atoms with E-state index < -0.39 is 5.60 Å². The Morgan fingerprint density at radius 2 is 1.76 bits per heavy atom. The Morgan fingerprint density at radius 3 is 2.52 bits per heavy atom. The number of hydrogen-bond donors (Lipinski definition) is 1. The number of aryl methyl sites for hydroxylation is 1. The lowest BCUT2D eigenvalue weighted by Crippen LogP contribution is -2.42. The topological polar surface area (TPSA) is 28.4 Å². The number of likely N-dealkylation sites (N-methyl/N-ethyl adjacent to an activating group) is 1. The van der Waals surface area contributed by atoms with Gasteiger partial charge in [-0.1, -0.05) is 43.0 Å². The third-order valence-corrected chi connectivity index (χ3v) is 9.00. The molecule has 33 heavy (non-hydrogen) atoms. The molecular formula is C29H35FN2O. The summed E-state index contributed by atoms with van der Waals surface area (Å²) in [5.74, 6) is -0.0538. The molecule has 0 spiro atoms. The SMILES string of the molecule is Cc1ccc2c(c1)c1c(n2CC(O)(c2ccc(F)cc2)C2CCCCC2)CC2CCC1N2C. The lowest BCUT2D eigenvalue weighted by atomic mass is 9.73. The van der Waals surface area contributed by atoms with Gasteiger partial charge in [0.25, 0.3) is 0 Å². The fourth-order valence-electron chi connectivity index (χ4n) is 7.16. The first-order valence-corrected chi connectivity index (χ1v) is 12.8. The minimum Gasteiger partial charge on any atom is -0.383 e. The molecule has 1 aliphatic carbocycles. The van der Waals surface area contributed by atoms with Crippen LogP contribution >= 0.6 is 0 Å². The van der Waals surface area contributed by atoms with Crippen molar-refractivity contribution in [2.24, 2.45) is 5.92 Å². The molecule has 3 heterocycles. The van der Waals surface area contributed by atoms with Crippen LogP contribution in [0.1, 0.15) is 73.4 Å². The van der Waals surface area contributed by atoms with Gasteiger partial charge < -0.3 is 9.67 Å². The molecule has 174 valence electrons. The molecule has 6 rings (SSSR count). The van der Waals surface area contributed by atoms with Crippen LogP contribution in [0.5, 0.6) is 0 Å². The van der Waals surface area contributed by atoms with E-state index in [2.05, 4.69) is 41.6 Å². The van der Waals surface area contributed by atoms with Gasteiger partial charge in [0.05, 0.1) is 6.54 Å². The third-order valence-electron chi connectivity index (χ3n) is 9.00. The molecule has 1 saturated carbocycles. The van der Waals surface area contributed by atoms with Crippen LogP contribution in [0.3, 0.4) is 0 Å². The number of hydrogen-bond acceptors (Lipinski definition) is 2. The maximum atomic E-state index is 13.8. The summed E-state index contributed by atoms with van der Waals surface area (Å²) in [7, 11) is 2.28. The monoisotopic (exact) mass is 446 g/mol. The molecule has 2 aromatic carbocycles. The Balaban J connectivity index is 1.52. The maximum absolute atomic E-state index is 13.8. The predicted molar refractivity (Wildman–Crippen MR) is 131 cm³/mol. The quantitative estimate of drug-likeness (QED) is 0.513. The molecule has 0 amide bonds. The average molecular weight is 447 g/mol. The summed E-state index contributed by atoms with van der Waals surface area (Å²) < 4.78 is 16.2. The van der Waals surface area contributed by atoms with E-state index >= 15 is 0 Å². The van der Waals surface area contributed by atoms with Crippen LogP contribution in [0.15, 0.2) is 42.5 Å². The summed E-state index contributed by atoms with van der Waals surface area (Å²) in [5.41, 5.74) is 5.28. The summed E-state index contributed by atoms with van der Waals surface area (Å²) in [6.45, 7) is 2.71. The average Bonchev–Trinajstić information content (AvgIpc) is 3.23. The van der Waals surface area contributed by atoms with E-state index in [-0.39, 0.29) is 11.7 Å². The van der Waals surface area contributed by atoms with Crippen molar-refractivity contribution in [3.05, 3.63) is 70.7 Å². The maximum Gasteiger partial charge on any atom is 0.123 e. The first kappa shape index (κ1) is 21.4. The van der Waals surface area contributed by atoms with Gasteiger partial charge in [-0.3, -0.25) is 4.90 Å². The number of fused-ring (bicyclic) bond motifs is 6. The summed E-state index contributed by atoms with van der Waals surface area (Å²) >= 11 is 0. The van der Waals surface area contributed by atoms with Crippen molar-refractivity contribution in [2.45, 2.75) is 82.5 Å². The van der Waals surface area contributed by atoms with Crippen molar-refractivity contribution in [1.82, 2.24) is 9.47 Å². The Bertz CT molecular complexity index is 1180. The van der Waals surface area contributed by atoms with Crippen LogP contribution in [-0.4, -0.2) is 27.7 Å². The highest BCUT2D eigenvalue weighted by Gasteiger charge is 2.44. The van der Waals surface area contributed by atoms with Crippen LogP contribution in [0.4, 0.5) is 4.39 Å². The molecule has 1 aromatic heterocycles. The van der Waals surface area contributed by atoms with Gasteiger partial charge in [-0.05, 0) is 81.0 Å². The van der Waals surface area contributed by atoms with Crippen molar-refractivity contribution in [2.75, 3.05) is 7.05 Å². The zero-order chi connectivity index (χ0) is 22.7. The van der Waals surface area contributed by atoms with Gasteiger partial charge in [0.2, 0.25) is 0 Å². The zero-order valence-electron chi connectivity index (χ0n) is 19.9. The van der Waals surface area contributed by atoms with E-state index in [1.54, 1.807) is 0 Å². The standard InChI is InChI=1S/C29H35FN2O/c1-19-8-14-25-24(16-19)28-26-15-13-23(31(26)2)17-27(28)32(25)18-29(33,20-6-4-3-5-7-20)21-9-11-22(30)12-10-21/h8-12,14,16,20,23,26,33H,3-7,13,15,17-18H2,1-2H3. The van der Waals surface area contributed by atoms with Gasteiger partial charge in [0, 0.05) is 35.1 Å². The summed E-state index contributed by atoms with van der Waals surface area (Å²) in [5, 5.41) is 13.8. The van der Waals surface area contributed by atoms with E-state index in [1.165, 1.54) is 59.1 Å². The van der Waals surface area contributed by atoms with Crippen molar-refractivity contribution in [3.63, 3.8) is 0 Å². The second kappa shape index (κ2) is 7.95. The van der Waals surface area contributed by atoms with Crippen molar-refractivity contribution >= 4 is 10.9 Å². The first-order valence-electron chi connectivity index (χ1n) is 12.8. The highest BCUT2D eigenvalue weighted by Crippen LogP contribution is 2.49. The summed E-state index contributed by atoms with van der Waals surface area (Å²) in [6.07, 6.45) is 9.12. The summed E-state index contributed by atoms with van der Waals surface area (Å²) in [4.78, 5) is 2.57. The highest BCUT2D eigenvalue weighted by molar-refractivity contribution is 5.87. The Kier molecular flexibility index (Phi) is 5.15. The molecule has 2 fully saturated rings. The largest absolute Gasteiger partial charge is 0.383 e. The number of rotatable bonds is 4. The molecule has 2 aliphatic heterocycles. The molecule has 1 N–H and O–H groups in total. The minimum atomic E-state index is -0.999.